The molecule has 0 aromatic carbocycles. The van der Waals surface area contributed by atoms with Crippen molar-refractivity contribution in [1.82, 2.24) is 0 Å². The van der Waals surface area contributed by atoms with E-state index in [4.69, 9.17) is 0 Å². The van der Waals surface area contributed by atoms with Crippen LogP contribution >= 0.6 is 0 Å². The van der Waals surface area contributed by atoms with E-state index in [1.807, 2.05) is 83.1 Å². The van der Waals surface area contributed by atoms with Crippen molar-refractivity contribution in [2.75, 3.05) is 0 Å². The van der Waals surface area contributed by atoms with Gasteiger partial charge in [-0.1, -0.05) is 59.6 Å². The third-order valence-corrected chi connectivity index (χ3v) is 7.18. The summed E-state index contributed by atoms with van der Waals surface area (Å²) in [6.07, 6.45) is 0.656. The lowest BCUT2D eigenvalue weighted by molar-refractivity contribution is -0.126. The molecule has 5 heteroatoms. The van der Waals surface area contributed by atoms with Crippen LogP contribution in [-0.4, -0.2) is 25.2 Å². The number of carbonyl (C=O) groups excluding carboxylic acids is 2. The van der Waals surface area contributed by atoms with Crippen molar-refractivity contribution in [3.63, 3.8) is 0 Å². The van der Waals surface area contributed by atoms with E-state index < -0.39 is 9.84 Å². The van der Waals surface area contributed by atoms with E-state index in [0.29, 0.717) is 17.1 Å². The summed E-state index contributed by atoms with van der Waals surface area (Å²) < 4.78 is 22.8. The average Bonchev–Trinajstić information content (AvgIpc) is 2.57. The van der Waals surface area contributed by atoms with Crippen LogP contribution in [0.4, 0.5) is 0 Å². The Bertz CT molecular complexity index is 727. The van der Waals surface area contributed by atoms with Crippen molar-refractivity contribution in [3.05, 3.63) is 21.6 Å². The van der Waals surface area contributed by atoms with E-state index in [0.717, 1.165) is 16.7 Å². The minimum atomic E-state index is -3.00. The van der Waals surface area contributed by atoms with Gasteiger partial charge >= 0.3 is 0 Å². The Morgan fingerprint density at radius 3 is 1.17 bits per heavy atom. The standard InChI is InChI=1S/C10H18O.C8H16O2S.C7H14O/c1-7(2)8(3)9(11)10(4,5)6;1-6(2)8(5)11(9,10)7(3)4;1-5-6(8)7(2,3)4/h1-6H3;7H,1-5H3;5H2,1-4H3. The molecule has 0 fully saturated rings. The van der Waals surface area contributed by atoms with Crippen molar-refractivity contribution in [2.24, 2.45) is 10.8 Å². The number of hydrogen-bond acceptors (Lipinski definition) is 4. The highest BCUT2D eigenvalue weighted by Crippen LogP contribution is 2.21. The summed E-state index contributed by atoms with van der Waals surface area (Å²) in [6, 6.07) is 0. The largest absolute Gasteiger partial charge is 0.299 e. The van der Waals surface area contributed by atoms with Gasteiger partial charge in [0, 0.05) is 22.2 Å². The van der Waals surface area contributed by atoms with Crippen LogP contribution in [0.5, 0.6) is 0 Å². The van der Waals surface area contributed by atoms with Crippen LogP contribution in [0.3, 0.4) is 0 Å². The second-order valence-electron chi connectivity index (χ2n) is 10.4. The Balaban J connectivity index is -0.000000370. The van der Waals surface area contributed by atoms with Crippen LogP contribution in [0.25, 0.3) is 0 Å². The quantitative estimate of drug-likeness (QED) is 0.434. The van der Waals surface area contributed by atoms with Crippen LogP contribution < -0.4 is 0 Å². The van der Waals surface area contributed by atoms with Crippen LogP contribution in [0.15, 0.2) is 21.6 Å². The molecule has 0 saturated carbocycles. The minimum Gasteiger partial charge on any atom is -0.299 e. The molecule has 4 nitrogen and oxygen atoms in total. The van der Waals surface area contributed by atoms with Gasteiger partial charge in [0.2, 0.25) is 0 Å². The Labute approximate surface area is 187 Å². The van der Waals surface area contributed by atoms with Gasteiger partial charge in [-0.3, -0.25) is 9.59 Å². The van der Waals surface area contributed by atoms with Crippen molar-refractivity contribution in [3.8, 4) is 0 Å². The summed E-state index contributed by atoms with van der Waals surface area (Å²) in [5.41, 5.74) is 2.52. The molecule has 0 aromatic rings. The third kappa shape index (κ3) is 13.1. The molecule has 178 valence electrons. The number of ketones is 2. The highest BCUT2D eigenvalue weighted by atomic mass is 32.2. The zero-order chi connectivity index (χ0) is 25.2. The van der Waals surface area contributed by atoms with Crippen LogP contribution in [0.2, 0.25) is 0 Å². The van der Waals surface area contributed by atoms with Crippen molar-refractivity contribution < 1.29 is 18.0 Å². The Hall–Kier alpha value is -1.23. The second kappa shape index (κ2) is 13.2. The molecule has 0 N–H and O–H groups in total. The Morgan fingerprint density at radius 1 is 0.733 bits per heavy atom. The summed E-state index contributed by atoms with van der Waals surface area (Å²) in [5, 5.41) is -0.308. The molecular weight excluding hydrogens is 396 g/mol. The third-order valence-electron chi connectivity index (χ3n) is 4.68. The maximum Gasteiger partial charge on any atom is 0.176 e. The van der Waals surface area contributed by atoms with Gasteiger partial charge in [0.1, 0.15) is 5.78 Å². The first kappa shape index (κ1) is 33.4. The number of carbonyl (C=O) groups is 2. The van der Waals surface area contributed by atoms with Crippen molar-refractivity contribution in [1.29, 1.82) is 0 Å². The number of sulfone groups is 1. The molecule has 30 heavy (non-hydrogen) atoms. The van der Waals surface area contributed by atoms with E-state index in [1.54, 1.807) is 20.8 Å². The van der Waals surface area contributed by atoms with E-state index in [-0.39, 0.29) is 21.9 Å². The van der Waals surface area contributed by atoms with Gasteiger partial charge in [-0.25, -0.2) is 8.42 Å². The topological polar surface area (TPSA) is 68.3 Å². The lowest BCUT2D eigenvalue weighted by Crippen LogP contribution is -2.21. The van der Waals surface area contributed by atoms with Crippen LogP contribution in [0.1, 0.15) is 110 Å². The second-order valence-corrected chi connectivity index (χ2v) is 13.0. The molecule has 0 aliphatic heterocycles. The molecule has 0 unspecified atom stereocenters. The van der Waals surface area contributed by atoms with E-state index >= 15 is 0 Å². The summed E-state index contributed by atoms with van der Waals surface area (Å²) >= 11 is 0. The molecular formula is C25H48O4S. The number of rotatable bonds is 4. The highest BCUT2D eigenvalue weighted by molar-refractivity contribution is 7.95. The molecule has 0 bridgehead atoms. The van der Waals surface area contributed by atoms with Gasteiger partial charge in [-0.05, 0) is 61.0 Å². The zero-order valence-corrected chi connectivity index (χ0v) is 23.1. The Morgan fingerprint density at radius 2 is 1.10 bits per heavy atom. The lowest BCUT2D eigenvalue weighted by atomic mass is 9.85. The average molecular weight is 445 g/mol. The first-order valence-electron chi connectivity index (χ1n) is 10.6. The summed E-state index contributed by atoms with van der Waals surface area (Å²) in [6.45, 7) is 28.1. The normalized spacial score (nSPS) is 11.5. The lowest BCUT2D eigenvalue weighted by Gasteiger charge is -2.17. The fourth-order valence-corrected chi connectivity index (χ4v) is 3.23. The van der Waals surface area contributed by atoms with Gasteiger partial charge in [0.05, 0.1) is 5.25 Å². The molecule has 0 radical (unpaired) electrons. The number of allylic oxidation sites excluding steroid dienone is 4. The first-order valence-corrected chi connectivity index (χ1v) is 12.2. The molecule has 0 aliphatic rings. The summed E-state index contributed by atoms with van der Waals surface area (Å²) in [4.78, 5) is 22.9. The van der Waals surface area contributed by atoms with E-state index in [1.165, 1.54) is 0 Å². The number of Topliss-reactive ketones (excluding diaryl/α,β-unsaturated/α-hetero) is 2. The molecule has 0 rings (SSSR count). The maximum atomic E-state index is 11.5. The molecule has 0 atom stereocenters. The molecule has 0 saturated heterocycles. The molecule has 0 spiro atoms. The van der Waals surface area contributed by atoms with Crippen LogP contribution in [-0.2, 0) is 19.4 Å². The van der Waals surface area contributed by atoms with Gasteiger partial charge in [-0.15, -0.1) is 0 Å². The molecule has 0 aliphatic carbocycles. The Kier molecular flexibility index (Phi) is 14.7. The van der Waals surface area contributed by atoms with Crippen molar-refractivity contribution in [2.45, 2.75) is 116 Å². The van der Waals surface area contributed by atoms with Crippen molar-refractivity contribution >= 4 is 21.4 Å². The van der Waals surface area contributed by atoms with Crippen LogP contribution in [0, 0.1) is 10.8 Å². The van der Waals surface area contributed by atoms with E-state index in [9.17, 15) is 18.0 Å². The SMILES string of the molecule is CC(C)=C(C)C(=O)C(C)(C)C.CC(C)=C(C)S(=O)(=O)C(C)C.CCC(=O)C(C)(C)C. The predicted octanol–water partition coefficient (Wildman–Crippen LogP) is 7.09. The fourth-order valence-electron chi connectivity index (χ4n) is 1.96. The molecule has 0 aromatic heterocycles. The fraction of sp³-hybridized carbons (Fsp3) is 0.760. The van der Waals surface area contributed by atoms with E-state index in [2.05, 4.69) is 0 Å². The first-order chi connectivity index (χ1) is 13.0. The molecule has 0 heterocycles. The monoisotopic (exact) mass is 444 g/mol. The maximum absolute atomic E-state index is 11.5. The summed E-state index contributed by atoms with van der Waals surface area (Å²) in [7, 11) is -3.00. The zero-order valence-electron chi connectivity index (χ0n) is 22.3. The summed E-state index contributed by atoms with van der Waals surface area (Å²) in [5.74, 6) is 0.579. The number of hydrogen-bond donors (Lipinski definition) is 0. The predicted molar refractivity (Wildman–Crippen MR) is 131 cm³/mol. The smallest absolute Gasteiger partial charge is 0.176 e. The van der Waals surface area contributed by atoms with Gasteiger partial charge < -0.3 is 0 Å². The molecule has 0 amide bonds. The van der Waals surface area contributed by atoms with Gasteiger partial charge in [0.25, 0.3) is 0 Å². The highest BCUT2D eigenvalue weighted by Gasteiger charge is 2.22. The van der Waals surface area contributed by atoms with Gasteiger partial charge in [-0.2, -0.15) is 0 Å². The minimum absolute atomic E-state index is 0.130. The van der Waals surface area contributed by atoms with Gasteiger partial charge in [0.15, 0.2) is 15.6 Å².